The second kappa shape index (κ2) is 6.44. The first-order valence-electron chi connectivity index (χ1n) is 6.26. The summed E-state index contributed by atoms with van der Waals surface area (Å²) >= 11 is 1.76. The number of thiazole rings is 1. The molecule has 4 nitrogen and oxygen atoms in total. The SMILES string of the molecule is CCCN1CCOC(c2ncc(CNC)s2)C1. The Bertz CT molecular complexity index is 340. The Balaban J connectivity index is 1.95. The van der Waals surface area contributed by atoms with Gasteiger partial charge in [-0.05, 0) is 20.0 Å². The van der Waals surface area contributed by atoms with Gasteiger partial charge in [-0.1, -0.05) is 6.92 Å². The number of hydrogen-bond acceptors (Lipinski definition) is 5. The minimum atomic E-state index is 0.172. The molecule has 5 heteroatoms. The average molecular weight is 255 g/mol. The molecule has 1 saturated heterocycles. The van der Waals surface area contributed by atoms with Gasteiger partial charge in [0.25, 0.3) is 0 Å². The lowest BCUT2D eigenvalue weighted by Crippen LogP contribution is -2.38. The number of aromatic nitrogens is 1. The Hall–Kier alpha value is -0.490. The van der Waals surface area contributed by atoms with Gasteiger partial charge < -0.3 is 10.1 Å². The normalized spacial score (nSPS) is 21.9. The van der Waals surface area contributed by atoms with Crippen molar-refractivity contribution >= 4 is 11.3 Å². The zero-order valence-electron chi connectivity index (χ0n) is 10.6. The lowest BCUT2D eigenvalue weighted by molar-refractivity contribution is -0.0299. The summed E-state index contributed by atoms with van der Waals surface area (Å²) in [6, 6.07) is 0. The van der Waals surface area contributed by atoms with Crippen LogP contribution < -0.4 is 5.32 Å². The van der Waals surface area contributed by atoms with Crippen LogP contribution >= 0.6 is 11.3 Å². The van der Waals surface area contributed by atoms with Crippen molar-refractivity contribution in [1.82, 2.24) is 15.2 Å². The third-order valence-corrected chi connectivity index (χ3v) is 3.98. The summed E-state index contributed by atoms with van der Waals surface area (Å²) in [7, 11) is 1.96. The molecule has 1 atom stereocenters. The Morgan fingerprint density at radius 3 is 3.29 bits per heavy atom. The van der Waals surface area contributed by atoms with Gasteiger partial charge in [0.05, 0.1) is 6.61 Å². The van der Waals surface area contributed by atoms with Crippen LogP contribution in [0.5, 0.6) is 0 Å². The lowest BCUT2D eigenvalue weighted by Gasteiger charge is -2.31. The number of ether oxygens (including phenoxy) is 1. The molecule has 96 valence electrons. The Morgan fingerprint density at radius 1 is 1.65 bits per heavy atom. The molecule has 0 spiro atoms. The van der Waals surface area contributed by atoms with Crippen molar-refractivity contribution < 1.29 is 4.74 Å². The van der Waals surface area contributed by atoms with Crippen LogP contribution in [0.25, 0.3) is 0 Å². The molecule has 2 rings (SSSR count). The summed E-state index contributed by atoms with van der Waals surface area (Å²) in [5.74, 6) is 0. The molecule has 1 aliphatic heterocycles. The van der Waals surface area contributed by atoms with E-state index < -0.39 is 0 Å². The van der Waals surface area contributed by atoms with Gasteiger partial charge in [0.1, 0.15) is 11.1 Å². The maximum absolute atomic E-state index is 5.82. The van der Waals surface area contributed by atoms with Gasteiger partial charge in [-0.25, -0.2) is 4.98 Å². The number of nitrogens with zero attached hydrogens (tertiary/aromatic N) is 2. The topological polar surface area (TPSA) is 37.4 Å². The summed E-state index contributed by atoms with van der Waals surface area (Å²) in [5.41, 5.74) is 0. The zero-order valence-corrected chi connectivity index (χ0v) is 11.4. The molecule has 1 aliphatic rings. The van der Waals surface area contributed by atoms with Crippen LogP contribution in [0.15, 0.2) is 6.20 Å². The van der Waals surface area contributed by atoms with Crippen molar-refractivity contribution in [2.75, 3.05) is 33.3 Å². The highest BCUT2D eigenvalue weighted by atomic mass is 32.1. The molecule has 1 N–H and O–H groups in total. The summed E-state index contributed by atoms with van der Waals surface area (Å²) in [5, 5.41) is 4.27. The van der Waals surface area contributed by atoms with E-state index in [1.54, 1.807) is 11.3 Å². The van der Waals surface area contributed by atoms with E-state index in [1.165, 1.54) is 11.3 Å². The Kier molecular flexibility index (Phi) is 4.91. The van der Waals surface area contributed by atoms with Crippen LogP contribution in [0.4, 0.5) is 0 Å². The monoisotopic (exact) mass is 255 g/mol. The van der Waals surface area contributed by atoms with Crippen molar-refractivity contribution in [2.45, 2.75) is 26.0 Å². The quantitative estimate of drug-likeness (QED) is 0.868. The second-order valence-electron chi connectivity index (χ2n) is 4.36. The molecule has 17 heavy (non-hydrogen) atoms. The van der Waals surface area contributed by atoms with Gasteiger partial charge in [0.15, 0.2) is 0 Å². The third-order valence-electron chi connectivity index (χ3n) is 2.89. The van der Waals surface area contributed by atoms with Crippen molar-refractivity contribution in [3.05, 3.63) is 16.1 Å². The van der Waals surface area contributed by atoms with Gasteiger partial charge in [0.2, 0.25) is 0 Å². The van der Waals surface area contributed by atoms with Crippen molar-refractivity contribution in [3.63, 3.8) is 0 Å². The first-order chi connectivity index (χ1) is 8.33. The van der Waals surface area contributed by atoms with Gasteiger partial charge in [-0.15, -0.1) is 11.3 Å². The lowest BCUT2D eigenvalue weighted by atomic mass is 10.2. The van der Waals surface area contributed by atoms with Gasteiger partial charge in [-0.3, -0.25) is 4.90 Å². The molecule has 0 aromatic carbocycles. The fraction of sp³-hybridized carbons (Fsp3) is 0.750. The molecular formula is C12H21N3OS. The summed E-state index contributed by atoms with van der Waals surface area (Å²) in [6.45, 7) is 7.14. The van der Waals surface area contributed by atoms with Crippen LogP contribution in [-0.2, 0) is 11.3 Å². The maximum Gasteiger partial charge on any atom is 0.123 e. The first-order valence-corrected chi connectivity index (χ1v) is 7.08. The zero-order chi connectivity index (χ0) is 12.1. The fourth-order valence-corrected chi connectivity index (χ4v) is 3.07. The van der Waals surface area contributed by atoms with Crippen molar-refractivity contribution in [3.8, 4) is 0 Å². The van der Waals surface area contributed by atoms with Gasteiger partial charge in [0, 0.05) is 30.7 Å². The van der Waals surface area contributed by atoms with Crippen LogP contribution in [0.2, 0.25) is 0 Å². The maximum atomic E-state index is 5.82. The summed E-state index contributed by atoms with van der Waals surface area (Å²) < 4.78 is 5.82. The molecule has 0 aliphatic carbocycles. The van der Waals surface area contributed by atoms with E-state index in [0.29, 0.717) is 0 Å². The predicted octanol–water partition coefficient (Wildman–Crippen LogP) is 1.65. The van der Waals surface area contributed by atoms with E-state index >= 15 is 0 Å². The predicted molar refractivity (Wildman–Crippen MR) is 70.3 cm³/mol. The molecule has 0 saturated carbocycles. The van der Waals surface area contributed by atoms with Crippen LogP contribution in [0, 0.1) is 0 Å². The first kappa shape index (κ1) is 13.0. The highest BCUT2D eigenvalue weighted by Gasteiger charge is 2.23. The van der Waals surface area contributed by atoms with Crippen LogP contribution in [-0.4, -0.2) is 43.2 Å². The van der Waals surface area contributed by atoms with E-state index in [9.17, 15) is 0 Å². The number of rotatable bonds is 5. The molecule has 1 aromatic heterocycles. The molecule has 2 heterocycles. The smallest absolute Gasteiger partial charge is 0.123 e. The van der Waals surface area contributed by atoms with Crippen LogP contribution in [0.1, 0.15) is 29.3 Å². The molecule has 1 unspecified atom stereocenters. The highest BCUT2D eigenvalue weighted by molar-refractivity contribution is 7.11. The minimum Gasteiger partial charge on any atom is -0.368 e. The fourth-order valence-electron chi connectivity index (χ4n) is 2.10. The van der Waals surface area contributed by atoms with E-state index in [1.807, 2.05) is 13.2 Å². The minimum absolute atomic E-state index is 0.172. The molecule has 1 fully saturated rings. The van der Waals surface area contributed by atoms with Crippen molar-refractivity contribution in [1.29, 1.82) is 0 Å². The highest BCUT2D eigenvalue weighted by Crippen LogP contribution is 2.26. The van der Waals surface area contributed by atoms with E-state index in [4.69, 9.17) is 4.74 Å². The van der Waals surface area contributed by atoms with Crippen molar-refractivity contribution in [2.24, 2.45) is 0 Å². The Morgan fingerprint density at radius 2 is 2.53 bits per heavy atom. The largest absolute Gasteiger partial charge is 0.368 e. The van der Waals surface area contributed by atoms with E-state index in [0.717, 1.165) is 37.8 Å². The second-order valence-corrected chi connectivity index (χ2v) is 5.50. The standard InChI is InChI=1S/C12H21N3OS/c1-3-4-15-5-6-16-11(9-15)12-14-8-10(17-12)7-13-2/h8,11,13H,3-7,9H2,1-2H3. The molecule has 0 radical (unpaired) electrons. The molecular weight excluding hydrogens is 234 g/mol. The Labute approximate surface area is 107 Å². The number of nitrogens with one attached hydrogen (secondary N) is 1. The van der Waals surface area contributed by atoms with E-state index in [-0.39, 0.29) is 6.10 Å². The summed E-state index contributed by atoms with van der Waals surface area (Å²) in [4.78, 5) is 8.22. The number of hydrogen-bond donors (Lipinski definition) is 1. The summed E-state index contributed by atoms with van der Waals surface area (Å²) in [6.07, 6.45) is 3.33. The van der Waals surface area contributed by atoms with E-state index in [2.05, 4.69) is 22.1 Å². The number of morpholine rings is 1. The molecule has 0 amide bonds. The third kappa shape index (κ3) is 3.48. The average Bonchev–Trinajstić information content (AvgIpc) is 2.79. The molecule has 0 bridgehead atoms. The van der Waals surface area contributed by atoms with Gasteiger partial charge in [-0.2, -0.15) is 0 Å². The molecule has 1 aromatic rings. The van der Waals surface area contributed by atoms with Crippen LogP contribution in [0.3, 0.4) is 0 Å². The van der Waals surface area contributed by atoms with Gasteiger partial charge >= 0.3 is 0 Å².